The van der Waals surface area contributed by atoms with E-state index in [0.717, 1.165) is 24.3 Å². The fourth-order valence-corrected chi connectivity index (χ4v) is 3.88. The lowest BCUT2D eigenvalue weighted by Gasteiger charge is -2.33. The molecule has 4 nitrogen and oxygen atoms in total. The maximum Gasteiger partial charge on any atom is 0.415 e. The van der Waals surface area contributed by atoms with Gasteiger partial charge in [-0.05, 0) is 49.8 Å². The standard InChI is InChI=1S/C26H31F3N2O2/c1-3-30(4-2)21-15-13-20(14-16-21)18-31(19-25(32)26(27,28)29)22-9-8-12-24(17-22)33-23-10-6-5-7-11-23/h5-16,22,25,32H,3-4,17-19H2,1-2H3. The van der Waals surface area contributed by atoms with Crippen molar-refractivity contribution in [2.75, 3.05) is 24.5 Å². The molecule has 0 heterocycles. The topological polar surface area (TPSA) is 35.9 Å². The Morgan fingerprint density at radius 1 is 1.03 bits per heavy atom. The minimum absolute atomic E-state index is 0.277. The van der Waals surface area contributed by atoms with Crippen LogP contribution in [0.2, 0.25) is 0 Å². The van der Waals surface area contributed by atoms with Crippen LogP contribution in [0, 0.1) is 0 Å². The Balaban J connectivity index is 1.75. The van der Waals surface area contributed by atoms with Crippen molar-refractivity contribution in [2.45, 2.75) is 45.1 Å². The average molecular weight is 461 g/mol. The molecule has 0 aromatic heterocycles. The van der Waals surface area contributed by atoms with Crippen LogP contribution in [0.3, 0.4) is 0 Å². The summed E-state index contributed by atoms with van der Waals surface area (Å²) >= 11 is 0. The van der Waals surface area contributed by atoms with Crippen molar-refractivity contribution in [1.82, 2.24) is 4.90 Å². The number of hydrogen-bond donors (Lipinski definition) is 1. The molecule has 2 unspecified atom stereocenters. The van der Waals surface area contributed by atoms with E-state index in [-0.39, 0.29) is 12.6 Å². The first-order valence-corrected chi connectivity index (χ1v) is 11.2. The normalized spacial score (nSPS) is 17.1. The van der Waals surface area contributed by atoms with Gasteiger partial charge in [-0.25, -0.2) is 0 Å². The molecule has 1 aliphatic rings. The number of aliphatic hydroxyl groups excluding tert-OH is 1. The van der Waals surface area contributed by atoms with Crippen LogP contribution in [0.15, 0.2) is 78.6 Å². The van der Waals surface area contributed by atoms with Gasteiger partial charge >= 0.3 is 6.18 Å². The predicted octanol–water partition coefficient (Wildman–Crippen LogP) is 5.55. The van der Waals surface area contributed by atoms with Gasteiger partial charge in [0.15, 0.2) is 6.10 Å². The number of para-hydroxylation sites is 1. The van der Waals surface area contributed by atoms with E-state index < -0.39 is 18.8 Å². The Bertz CT molecular complexity index is 923. The number of anilines is 1. The molecule has 178 valence electrons. The van der Waals surface area contributed by atoms with Gasteiger partial charge in [0, 0.05) is 44.3 Å². The third-order valence-corrected chi connectivity index (χ3v) is 5.72. The summed E-state index contributed by atoms with van der Waals surface area (Å²) in [5, 5.41) is 9.80. The Morgan fingerprint density at radius 3 is 2.30 bits per heavy atom. The molecule has 0 amide bonds. The van der Waals surface area contributed by atoms with Gasteiger partial charge in [0.05, 0.1) is 0 Å². The molecule has 1 aliphatic carbocycles. The van der Waals surface area contributed by atoms with Crippen molar-refractivity contribution in [1.29, 1.82) is 0 Å². The Labute approximate surface area is 193 Å². The molecule has 0 saturated carbocycles. The molecule has 2 atom stereocenters. The maximum atomic E-state index is 13.2. The van der Waals surface area contributed by atoms with E-state index in [1.165, 1.54) is 0 Å². The first-order valence-electron chi connectivity index (χ1n) is 11.2. The summed E-state index contributed by atoms with van der Waals surface area (Å²) in [7, 11) is 0. The summed E-state index contributed by atoms with van der Waals surface area (Å²) in [4.78, 5) is 3.86. The van der Waals surface area contributed by atoms with E-state index >= 15 is 0 Å². The zero-order valence-electron chi connectivity index (χ0n) is 19.0. The second-order valence-corrected chi connectivity index (χ2v) is 8.03. The van der Waals surface area contributed by atoms with E-state index in [9.17, 15) is 18.3 Å². The number of halogens is 3. The minimum atomic E-state index is -4.68. The van der Waals surface area contributed by atoms with E-state index in [2.05, 4.69) is 18.7 Å². The SMILES string of the molecule is CCN(CC)c1ccc(CN(CC(O)C(F)(F)F)C2C=CC=C(Oc3ccccc3)C2)cc1. The molecule has 0 fully saturated rings. The third kappa shape index (κ3) is 7.11. The average Bonchev–Trinajstić information content (AvgIpc) is 2.80. The van der Waals surface area contributed by atoms with Crippen molar-refractivity contribution in [3.05, 3.63) is 84.1 Å². The molecule has 2 aromatic carbocycles. The highest BCUT2D eigenvalue weighted by Crippen LogP contribution is 2.27. The molecule has 1 N–H and O–H groups in total. The number of rotatable bonds is 10. The van der Waals surface area contributed by atoms with Crippen LogP contribution < -0.4 is 9.64 Å². The van der Waals surface area contributed by atoms with Gasteiger partial charge in [0.2, 0.25) is 0 Å². The van der Waals surface area contributed by atoms with Crippen LogP contribution in [0.25, 0.3) is 0 Å². The second-order valence-electron chi connectivity index (χ2n) is 8.03. The lowest BCUT2D eigenvalue weighted by Crippen LogP contribution is -2.45. The highest BCUT2D eigenvalue weighted by atomic mass is 19.4. The van der Waals surface area contributed by atoms with Crippen LogP contribution in [0.1, 0.15) is 25.8 Å². The number of aliphatic hydroxyl groups is 1. The zero-order valence-corrected chi connectivity index (χ0v) is 19.0. The quantitative estimate of drug-likeness (QED) is 0.504. The smallest absolute Gasteiger partial charge is 0.415 e. The maximum absolute atomic E-state index is 13.2. The molecular weight excluding hydrogens is 429 g/mol. The van der Waals surface area contributed by atoms with Crippen molar-refractivity contribution in [2.24, 2.45) is 0 Å². The summed E-state index contributed by atoms with van der Waals surface area (Å²) in [6.07, 6.45) is -1.23. The number of benzene rings is 2. The van der Waals surface area contributed by atoms with Gasteiger partial charge in [-0.1, -0.05) is 42.5 Å². The molecule has 0 saturated heterocycles. The van der Waals surface area contributed by atoms with Crippen molar-refractivity contribution in [3.63, 3.8) is 0 Å². The van der Waals surface area contributed by atoms with Gasteiger partial charge in [-0.15, -0.1) is 0 Å². The highest BCUT2D eigenvalue weighted by Gasteiger charge is 2.40. The summed E-state index contributed by atoms with van der Waals surface area (Å²) < 4.78 is 45.4. The fourth-order valence-electron chi connectivity index (χ4n) is 3.88. The van der Waals surface area contributed by atoms with Gasteiger partial charge in [0.25, 0.3) is 0 Å². The van der Waals surface area contributed by atoms with Gasteiger partial charge in [-0.2, -0.15) is 13.2 Å². The van der Waals surface area contributed by atoms with Gasteiger partial charge in [-0.3, -0.25) is 4.90 Å². The van der Waals surface area contributed by atoms with E-state index in [1.54, 1.807) is 11.0 Å². The molecular formula is C26H31F3N2O2. The first kappa shape index (κ1) is 24.9. The Morgan fingerprint density at radius 2 is 1.70 bits per heavy atom. The molecule has 0 radical (unpaired) electrons. The first-order chi connectivity index (χ1) is 15.8. The molecule has 0 bridgehead atoms. The number of hydrogen-bond acceptors (Lipinski definition) is 4. The molecule has 2 aromatic rings. The van der Waals surface area contributed by atoms with Crippen LogP contribution in [-0.4, -0.2) is 48.0 Å². The highest BCUT2D eigenvalue weighted by molar-refractivity contribution is 5.47. The minimum Gasteiger partial charge on any atom is -0.462 e. The monoisotopic (exact) mass is 460 g/mol. The fraction of sp³-hybridized carbons (Fsp3) is 0.385. The second kappa shape index (κ2) is 11.4. The van der Waals surface area contributed by atoms with Gasteiger partial charge in [0.1, 0.15) is 11.5 Å². The van der Waals surface area contributed by atoms with Crippen molar-refractivity contribution < 1.29 is 23.0 Å². The number of nitrogens with zero attached hydrogens (tertiary/aromatic N) is 2. The van der Waals surface area contributed by atoms with Crippen LogP contribution >= 0.6 is 0 Å². The van der Waals surface area contributed by atoms with E-state index in [0.29, 0.717) is 17.9 Å². The van der Waals surface area contributed by atoms with Crippen LogP contribution in [0.4, 0.5) is 18.9 Å². The van der Waals surface area contributed by atoms with Crippen molar-refractivity contribution >= 4 is 5.69 Å². The summed E-state index contributed by atoms with van der Waals surface area (Å²) in [6, 6.07) is 16.8. The van der Waals surface area contributed by atoms with Gasteiger partial charge < -0.3 is 14.7 Å². The molecule has 0 aliphatic heterocycles. The van der Waals surface area contributed by atoms with Crippen LogP contribution in [0.5, 0.6) is 5.75 Å². The van der Waals surface area contributed by atoms with Crippen molar-refractivity contribution in [3.8, 4) is 5.75 Å². The lowest BCUT2D eigenvalue weighted by atomic mass is 10.0. The molecule has 7 heteroatoms. The summed E-state index contributed by atoms with van der Waals surface area (Å²) in [5.74, 6) is 1.34. The zero-order chi connectivity index (χ0) is 23.8. The lowest BCUT2D eigenvalue weighted by molar-refractivity contribution is -0.209. The summed E-state index contributed by atoms with van der Waals surface area (Å²) in [6.45, 7) is 5.67. The van der Waals surface area contributed by atoms with E-state index in [1.807, 2.05) is 66.7 Å². The largest absolute Gasteiger partial charge is 0.462 e. The molecule has 3 rings (SSSR count). The number of alkyl halides is 3. The van der Waals surface area contributed by atoms with Crippen LogP contribution in [-0.2, 0) is 6.54 Å². The predicted molar refractivity (Wildman–Crippen MR) is 125 cm³/mol. The number of allylic oxidation sites excluding steroid dienone is 2. The summed E-state index contributed by atoms with van der Waals surface area (Å²) in [5.41, 5.74) is 1.96. The molecule has 33 heavy (non-hydrogen) atoms. The molecule has 0 spiro atoms. The third-order valence-electron chi connectivity index (χ3n) is 5.72. The Kier molecular flexibility index (Phi) is 8.58. The number of ether oxygens (including phenoxy) is 1. The van der Waals surface area contributed by atoms with E-state index in [4.69, 9.17) is 4.74 Å². The Hall–Kier alpha value is -2.77.